The third-order valence-corrected chi connectivity index (χ3v) is 5.43. The van der Waals surface area contributed by atoms with E-state index in [0.29, 0.717) is 0 Å². The van der Waals surface area contributed by atoms with Crippen LogP contribution in [-0.4, -0.2) is 55.7 Å². The fourth-order valence-corrected chi connectivity index (χ4v) is 3.73. The molecule has 0 N–H and O–H groups in total. The molecule has 1 saturated heterocycles. The van der Waals surface area contributed by atoms with Crippen LogP contribution >= 0.6 is 15.9 Å². The Morgan fingerprint density at radius 3 is 2.52 bits per heavy atom. The minimum absolute atomic E-state index is 0.769. The summed E-state index contributed by atoms with van der Waals surface area (Å²) in [4.78, 5) is 5.06. The highest BCUT2D eigenvalue weighted by molar-refractivity contribution is 9.10. The Bertz CT molecular complexity index is 638. The van der Waals surface area contributed by atoms with Crippen LogP contribution < -0.4 is 4.74 Å². The van der Waals surface area contributed by atoms with Gasteiger partial charge in [0.05, 0.1) is 11.1 Å². The Morgan fingerprint density at radius 2 is 1.74 bits per heavy atom. The number of hydrogen-bond acceptors (Lipinski definition) is 3. The molecule has 1 aliphatic heterocycles. The zero-order chi connectivity index (χ0) is 16.1. The monoisotopic (exact) mass is 376 g/mol. The molecule has 0 aromatic heterocycles. The van der Waals surface area contributed by atoms with Gasteiger partial charge in [-0.25, -0.2) is 0 Å². The van der Waals surface area contributed by atoms with Crippen molar-refractivity contribution in [1.29, 1.82) is 0 Å². The van der Waals surface area contributed by atoms with Gasteiger partial charge in [0, 0.05) is 32.7 Å². The Hall–Kier alpha value is -1.10. The largest absolute Gasteiger partial charge is 0.492 e. The van der Waals surface area contributed by atoms with Crippen molar-refractivity contribution in [3.63, 3.8) is 0 Å². The van der Waals surface area contributed by atoms with Crippen molar-refractivity contribution < 1.29 is 4.74 Å². The van der Waals surface area contributed by atoms with Crippen LogP contribution in [0.5, 0.6) is 5.75 Å². The van der Waals surface area contributed by atoms with Crippen LogP contribution in [0.15, 0.2) is 40.9 Å². The number of piperazine rings is 1. The van der Waals surface area contributed by atoms with Gasteiger partial charge in [-0.3, -0.25) is 0 Å². The van der Waals surface area contributed by atoms with Crippen LogP contribution in [0.25, 0.3) is 10.8 Å². The van der Waals surface area contributed by atoms with Crippen molar-refractivity contribution in [3.05, 3.63) is 40.9 Å². The maximum absolute atomic E-state index is 5.99. The lowest BCUT2D eigenvalue weighted by atomic mass is 10.1. The number of hydrogen-bond donors (Lipinski definition) is 0. The Morgan fingerprint density at radius 1 is 1.00 bits per heavy atom. The molecule has 0 radical (unpaired) electrons. The molecule has 124 valence electrons. The van der Waals surface area contributed by atoms with E-state index < -0.39 is 0 Å². The zero-order valence-corrected chi connectivity index (χ0v) is 15.4. The van der Waals surface area contributed by atoms with Crippen molar-refractivity contribution >= 4 is 26.7 Å². The van der Waals surface area contributed by atoms with E-state index in [0.717, 1.165) is 29.8 Å². The van der Waals surface area contributed by atoms with Gasteiger partial charge < -0.3 is 14.5 Å². The molecule has 4 heteroatoms. The number of ether oxygens (including phenoxy) is 1. The van der Waals surface area contributed by atoms with Crippen molar-refractivity contribution in [2.75, 3.05) is 45.9 Å². The molecule has 0 saturated carbocycles. The molecule has 2 aromatic rings. The number of benzene rings is 2. The van der Waals surface area contributed by atoms with Crippen LogP contribution in [0.2, 0.25) is 0 Å². The highest BCUT2D eigenvalue weighted by atomic mass is 79.9. The van der Waals surface area contributed by atoms with Gasteiger partial charge in [0.2, 0.25) is 0 Å². The number of rotatable bonds is 6. The molecule has 23 heavy (non-hydrogen) atoms. The Labute approximate surface area is 147 Å². The van der Waals surface area contributed by atoms with E-state index in [4.69, 9.17) is 4.74 Å². The summed E-state index contributed by atoms with van der Waals surface area (Å²) in [5.74, 6) is 0.944. The van der Waals surface area contributed by atoms with E-state index >= 15 is 0 Å². The van der Waals surface area contributed by atoms with Gasteiger partial charge in [-0.15, -0.1) is 0 Å². The standard InChI is InChI=1S/C19H25BrN2O/c1-2-21-11-13-22(14-12-21)10-5-15-23-18-9-8-16-6-3-4-7-17(16)19(18)20/h3-4,6-9H,2,5,10-15H2,1H3. The molecular weight excluding hydrogens is 352 g/mol. The molecule has 0 spiro atoms. The van der Waals surface area contributed by atoms with E-state index in [1.54, 1.807) is 0 Å². The topological polar surface area (TPSA) is 15.7 Å². The fraction of sp³-hybridized carbons (Fsp3) is 0.474. The number of fused-ring (bicyclic) bond motifs is 1. The second-order valence-electron chi connectivity index (χ2n) is 6.08. The normalized spacial score (nSPS) is 16.8. The SMILES string of the molecule is CCN1CCN(CCCOc2ccc3ccccc3c2Br)CC1. The lowest BCUT2D eigenvalue weighted by Crippen LogP contribution is -2.46. The molecule has 3 rings (SSSR count). The van der Waals surface area contributed by atoms with Crippen LogP contribution in [0.3, 0.4) is 0 Å². The van der Waals surface area contributed by atoms with E-state index in [1.165, 1.54) is 43.5 Å². The van der Waals surface area contributed by atoms with Crippen molar-refractivity contribution in [2.45, 2.75) is 13.3 Å². The molecular formula is C19H25BrN2O. The summed E-state index contributed by atoms with van der Waals surface area (Å²) in [6, 6.07) is 12.6. The summed E-state index contributed by atoms with van der Waals surface area (Å²) in [5.41, 5.74) is 0. The van der Waals surface area contributed by atoms with Crippen LogP contribution in [0.1, 0.15) is 13.3 Å². The van der Waals surface area contributed by atoms with Crippen molar-refractivity contribution in [1.82, 2.24) is 9.80 Å². The van der Waals surface area contributed by atoms with Gasteiger partial charge >= 0.3 is 0 Å². The van der Waals surface area contributed by atoms with E-state index in [9.17, 15) is 0 Å². The van der Waals surface area contributed by atoms with Gasteiger partial charge in [-0.1, -0.05) is 37.3 Å². The van der Waals surface area contributed by atoms with Gasteiger partial charge in [-0.2, -0.15) is 0 Å². The first-order chi connectivity index (χ1) is 11.3. The predicted octanol–water partition coefficient (Wildman–Crippen LogP) is 4.01. The minimum Gasteiger partial charge on any atom is -0.492 e. The smallest absolute Gasteiger partial charge is 0.134 e. The highest BCUT2D eigenvalue weighted by Gasteiger charge is 2.14. The predicted molar refractivity (Wildman–Crippen MR) is 100 cm³/mol. The maximum atomic E-state index is 5.99. The number of halogens is 1. The molecule has 0 amide bonds. The molecule has 0 bridgehead atoms. The van der Waals surface area contributed by atoms with Crippen LogP contribution in [-0.2, 0) is 0 Å². The van der Waals surface area contributed by atoms with E-state index in [1.807, 2.05) is 0 Å². The average Bonchev–Trinajstić information content (AvgIpc) is 2.61. The molecule has 0 atom stereocenters. The van der Waals surface area contributed by atoms with E-state index in [2.05, 4.69) is 69.1 Å². The maximum Gasteiger partial charge on any atom is 0.134 e. The first-order valence-corrected chi connectivity index (χ1v) is 9.32. The zero-order valence-electron chi connectivity index (χ0n) is 13.8. The molecule has 2 aromatic carbocycles. The van der Waals surface area contributed by atoms with Crippen molar-refractivity contribution in [3.8, 4) is 5.75 Å². The molecule has 1 fully saturated rings. The van der Waals surface area contributed by atoms with Gasteiger partial charge in [0.25, 0.3) is 0 Å². The Balaban J connectivity index is 1.47. The second-order valence-corrected chi connectivity index (χ2v) is 6.87. The summed E-state index contributed by atoms with van der Waals surface area (Å²) >= 11 is 3.68. The summed E-state index contributed by atoms with van der Waals surface area (Å²) in [5, 5.41) is 2.45. The first-order valence-electron chi connectivity index (χ1n) is 8.52. The van der Waals surface area contributed by atoms with Crippen LogP contribution in [0.4, 0.5) is 0 Å². The Kier molecular flexibility index (Phi) is 5.92. The second kappa shape index (κ2) is 8.13. The number of likely N-dealkylation sites (N-methyl/N-ethyl adjacent to an activating group) is 1. The summed E-state index contributed by atoms with van der Waals surface area (Å²) in [7, 11) is 0. The summed E-state index contributed by atoms with van der Waals surface area (Å²) < 4.78 is 7.06. The lowest BCUT2D eigenvalue weighted by molar-refractivity contribution is 0.130. The lowest BCUT2D eigenvalue weighted by Gasteiger charge is -2.33. The molecule has 1 heterocycles. The van der Waals surface area contributed by atoms with Crippen LogP contribution in [0, 0.1) is 0 Å². The van der Waals surface area contributed by atoms with Gasteiger partial charge in [-0.05, 0) is 45.7 Å². The fourth-order valence-electron chi connectivity index (χ4n) is 3.12. The minimum atomic E-state index is 0.769. The van der Waals surface area contributed by atoms with E-state index in [-0.39, 0.29) is 0 Å². The third kappa shape index (κ3) is 4.25. The quantitative estimate of drug-likeness (QED) is 0.708. The number of nitrogens with zero attached hydrogens (tertiary/aromatic N) is 2. The molecule has 3 nitrogen and oxygen atoms in total. The summed E-state index contributed by atoms with van der Waals surface area (Å²) in [6.07, 6.45) is 1.07. The first kappa shape index (κ1) is 16.7. The molecule has 1 aliphatic rings. The van der Waals surface area contributed by atoms with Gasteiger partial charge in [0.15, 0.2) is 0 Å². The highest BCUT2D eigenvalue weighted by Crippen LogP contribution is 2.33. The van der Waals surface area contributed by atoms with Crippen molar-refractivity contribution in [2.24, 2.45) is 0 Å². The third-order valence-electron chi connectivity index (χ3n) is 4.62. The molecule has 0 unspecified atom stereocenters. The van der Waals surface area contributed by atoms with Gasteiger partial charge in [0.1, 0.15) is 5.75 Å². The summed E-state index contributed by atoms with van der Waals surface area (Å²) in [6.45, 7) is 10.1. The average molecular weight is 377 g/mol. The molecule has 0 aliphatic carbocycles.